The second kappa shape index (κ2) is 7.38. The van der Waals surface area contributed by atoms with Gasteiger partial charge in [-0.15, -0.1) is 0 Å². The molecule has 26 heavy (non-hydrogen) atoms. The van der Waals surface area contributed by atoms with Gasteiger partial charge in [0.25, 0.3) is 0 Å². The molecule has 0 aromatic heterocycles. The van der Waals surface area contributed by atoms with E-state index in [1.807, 2.05) is 29.2 Å². The Morgan fingerprint density at radius 3 is 2.73 bits per heavy atom. The third kappa shape index (κ3) is 3.53. The first-order valence-corrected chi connectivity index (χ1v) is 9.18. The van der Waals surface area contributed by atoms with Crippen molar-refractivity contribution in [3.63, 3.8) is 0 Å². The Morgan fingerprint density at radius 2 is 1.88 bits per heavy atom. The van der Waals surface area contributed by atoms with Crippen molar-refractivity contribution in [1.29, 1.82) is 0 Å². The van der Waals surface area contributed by atoms with Crippen molar-refractivity contribution in [1.82, 2.24) is 10.2 Å². The topological polar surface area (TPSA) is 50.8 Å². The van der Waals surface area contributed by atoms with Crippen molar-refractivity contribution in [3.05, 3.63) is 59.2 Å². The van der Waals surface area contributed by atoms with Gasteiger partial charge in [0.1, 0.15) is 13.2 Å². The average molecular weight is 352 g/mol. The van der Waals surface area contributed by atoms with Gasteiger partial charge in [0.15, 0.2) is 11.5 Å². The minimum absolute atomic E-state index is 0.0619. The summed E-state index contributed by atoms with van der Waals surface area (Å²) in [6.07, 6.45) is 0.930. The van der Waals surface area contributed by atoms with Crippen molar-refractivity contribution in [2.45, 2.75) is 25.9 Å². The number of hydrogen-bond acceptors (Lipinski definition) is 4. The lowest BCUT2D eigenvalue weighted by Crippen LogP contribution is -2.41. The lowest BCUT2D eigenvalue weighted by molar-refractivity contribution is -0.131. The van der Waals surface area contributed by atoms with Gasteiger partial charge < -0.3 is 19.7 Å². The van der Waals surface area contributed by atoms with Gasteiger partial charge in [0.05, 0.1) is 6.54 Å². The van der Waals surface area contributed by atoms with E-state index in [0.29, 0.717) is 26.3 Å². The van der Waals surface area contributed by atoms with Crippen LogP contribution in [0, 0.1) is 0 Å². The highest BCUT2D eigenvalue weighted by atomic mass is 16.6. The molecule has 0 spiro atoms. The largest absolute Gasteiger partial charge is 0.486 e. The number of ether oxygens (including phenoxy) is 2. The SMILES string of the molecule is CC(NCC(=O)N1CCc2ccccc2C1)c1ccc2c(c1)OCCO2. The first kappa shape index (κ1) is 16.9. The van der Waals surface area contributed by atoms with Gasteiger partial charge in [-0.05, 0) is 42.2 Å². The monoisotopic (exact) mass is 352 g/mol. The smallest absolute Gasteiger partial charge is 0.236 e. The van der Waals surface area contributed by atoms with E-state index in [1.54, 1.807) is 0 Å². The summed E-state index contributed by atoms with van der Waals surface area (Å²) in [5.74, 6) is 1.71. The summed E-state index contributed by atoms with van der Waals surface area (Å²) < 4.78 is 11.2. The number of carbonyl (C=O) groups is 1. The molecule has 0 saturated carbocycles. The van der Waals surface area contributed by atoms with E-state index < -0.39 is 0 Å². The van der Waals surface area contributed by atoms with E-state index in [2.05, 4.69) is 30.4 Å². The van der Waals surface area contributed by atoms with E-state index in [0.717, 1.165) is 30.0 Å². The van der Waals surface area contributed by atoms with Gasteiger partial charge in [-0.1, -0.05) is 30.3 Å². The minimum atomic E-state index is 0.0619. The van der Waals surface area contributed by atoms with Crippen LogP contribution < -0.4 is 14.8 Å². The number of benzene rings is 2. The quantitative estimate of drug-likeness (QED) is 0.919. The summed E-state index contributed by atoms with van der Waals surface area (Å²) in [7, 11) is 0. The van der Waals surface area contributed by atoms with Crippen molar-refractivity contribution in [3.8, 4) is 11.5 Å². The third-order valence-electron chi connectivity index (χ3n) is 5.11. The number of amides is 1. The number of rotatable bonds is 4. The Bertz CT molecular complexity index is 806. The molecule has 0 aliphatic carbocycles. The lowest BCUT2D eigenvalue weighted by atomic mass is 10.00. The van der Waals surface area contributed by atoms with Crippen LogP contribution in [0.1, 0.15) is 29.7 Å². The predicted molar refractivity (Wildman–Crippen MR) is 99.4 cm³/mol. The van der Waals surface area contributed by atoms with Crippen LogP contribution in [0.25, 0.3) is 0 Å². The zero-order chi connectivity index (χ0) is 17.9. The van der Waals surface area contributed by atoms with E-state index in [9.17, 15) is 4.79 Å². The molecule has 0 radical (unpaired) electrons. The Hall–Kier alpha value is -2.53. The van der Waals surface area contributed by atoms with E-state index >= 15 is 0 Å². The highest BCUT2D eigenvalue weighted by Gasteiger charge is 2.21. The summed E-state index contributed by atoms with van der Waals surface area (Å²) in [5, 5.41) is 3.34. The van der Waals surface area contributed by atoms with Crippen LogP contribution in [-0.4, -0.2) is 37.1 Å². The fraction of sp³-hybridized carbons (Fsp3) is 0.381. The fourth-order valence-corrected chi connectivity index (χ4v) is 3.51. The third-order valence-corrected chi connectivity index (χ3v) is 5.11. The zero-order valence-corrected chi connectivity index (χ0v) is 15.0. The molecule has 0 bridgehead atoms. The summed E-state index contributed by atoms with van der Waals surface area (Å²) in [6.45, 7) is 5.05. The van der Waals surface area contributed by atoms with Gasteiger partial charge in [0, 0.05) is 19.1 Å². The van der Waals surface area contributed by atoms with Crippen LogP contribution in [0.3, 0.4) is 0 Å². The normalized spacial score (nSPS) is 16.7. The van der Waals surface area contributed by atoms with Crippen LogP contribution in [0.15, 0.2) is 42.5 Å². The standard InChI is InChI=1S/C21H24N2O3/c1-15(17-6-7-19-20(12-17)26-11-10-25-19)22-13-21(24)23-9-8-16-4-2-3-5-18(16)14-23/h2-7,12,15,22H,8-11,13-14H2,1H3. The molecule has 2 aromatic rings. The Labute approximate surface area is 153 Å². The van der Waals surface area contributed by atoms with E-state index in [1.165, 1.54) is 11.1 Å². The first-order chi connectivity index (χ1) is 12.7. The van der Waals surface area contributed by atoms with E-state index in [-0.39, 0.29) is 11.9 Å². The molecule has 2 aliphatic rings. The fourth-order valence-electron chi connectivity index (χ4n) is 3.51. The molecule has 2 heterocycles. The van der Waals surface area contributed by atoms with Crippen LogP contribution >= 0.6 is 0 Å². The number of carbonyl (C=O) groups excluding carboxylic acids is 1. The maximum atomic E-state index is 12.6. The summed E-state index contributed by atoms with van der Waals surface area (Å²) in [4.78, 5) is 14.5. The van der Waals surface area contributed by atoms with Crippen LogP contribution in [0.2, 0.25) is 0 Å². The second-order valence-corrected chi connectivity index (χ2v) is 6.84. The molecule has 1 amide bonds. The molecule has 136 valence electrons. The van der Waals surface area contributed by atoms with Crippen molar-refractivity contribution in [2.75, 3.05) is 26.3 Å². The molecule has 1 unspecified atom stereocenters. The van der Waals surface area contributed by atoms with Crippen molar-refractivity contribution in [2.24, 2.45) is 0 Å². The highest BCUT2D eigenvalue weighted by Crippen LogP contribution is 2.32. The second-order valence-electron chi connectivity index (χ2n) is 6.84. The molecule has 5 heteroatoms. The Balaban J connectivity index is 1.34. The van der Waals surface area contributed by atoms with Crippen LogP contribution in [-0.2, 0) is 17.8 Å². The molecule has 4 rings (SSSR count). The first-order valence-electron chi connectivity index (χ1n) is 9.18. The predicted octanol–water partition coefficient (Wildman–Crippen LogP) is 2.69. The van der Waals surface area contributed by atoms with Gasteiger partial charge in [-0.25, -0.2) is 0 Å². The molecular weight excluding hydrogens is 328 g/mol. The van der Waals surface area contributed by atoms with Crippen molar-refractivity contribution < 1.29 is 14.3 Å². The van der Waals surface area contributed by atoms with Gasteiger partial charge in [-0.2, -0.15) is 0 Å². The van der Waals surface area contributed by atoms with Gasteiger partial charge in [-0.3, -0.25) is 4.79 Å². The number of nitrogens with zero attached hydrogens (tertiary/aromatic N) is 1. The van der Waals surface area contributed by atoms with Crippen LogP contribution in [0.4, 0.5) is 0 Å². The maximum absolute atomic E-state index is 12.6. The average Bonchev–Trinajstić information content (AvgIpc) is 2.71. The lowest BCUT2D eigenvalue weighted by Gasteiger charge is -2.29. The van der Waals surface area contributed by atoms with Gasteiger partial charge >= 0.3 is 0 Å². The summed E-state index contributed by atoms with van der Waals surface area (Å²) in [6, 6.07) is 14.4. The van der Waals surface area contributed by atoms with Gasteiger partial charge in [0.2, 0.25) is 5.91 Å². The Morgan fingerprint density at radius 1 is 1.12 bits per heavy atom. The van der Waals surface area contributed by atoms with Crippen LogP contribution in [0.5, 0.6) is 11.5 Å². The molecule has 2 aliphatic heterocycles. The summed E-state index contributed by atoms with van der Waals surface area (Å²) in [5.41, 5.74) is 3.70. The number of hydrogen-bond donors (Lipinski definition) is 1. The number of fused-ring (bicyclic) bond motifs is 2. The molecule has 0 saturated heterocycles. The molecule has 0 fully saturated rings. The molecule has 2 aromatic carbocycles. The molecule has 1 N–H and O–H groups in total. The van der Waals surface area contributed by atoms with Crippen molar-refractivity contribution >= 4 is 5.91 Å². The molecular formula is C21H24N2O3. The molecule has 5 nitrogen and oxygen atoms in total. The molecule has 1 atom stereocenters. The highest BCUT2D eigenvalue weighted by molar-refractivity contribution is 5.78. The van der Waals surface area contributed by atoms with E-state index in [4.69, 9.17) is 9.47 Å². The number of nitrogens with one attached hydrogen (secondary N) is 1. The maximum Gasteiger partial charge on any atom is 0.236 e. The Kier molecular flexibility index (Phi) is 4.80. The summed E-state index contributed by atoms with van der Waals surface area (Å²) >= 11 is 0. The minimum Gasteiger partial charge on any atom is -0.486 e. The zero-order valence-electron chi connectivity index (χ0n) is 15.0.